The molecule has 25 heavy (non-hydrogen) atoms. The fourth-order valence-corrected chi connectivity index (χ4v) is 3.12. The molecule has 0 unspecified atom stereocenters. The van der Waals surface area contributed by atoms with Gasteiger partial charge in [-0.1, -0.05) is 30.0 Å². The molecule has 1 aromatic heterocycles. The standard InChI is InChI=1S/C17H12N2O4S2/c1-22-13-8-10(9-14-15(20)19-17(24)25-14)2-3-12(13)23-16(21)11-4-6-18-7-5-11/h2-9H,1H3,(H,19,20,24)/b14-9-. The summed E-state index contributed by atoms with van der Waals surface area (Å²) in [6.45, 7) is 0. The number of hydrogen-bond donors (Lipinski definition) is 1. The van der Waals surface area contributed by atoms with Crippen LogP contribution in [0, 0.1) is 0 Å². The van der Waals surface area contributed by atoms with Crippen LogP contribution in [0.3, 0.4) is 0 Å². The highest BCUT2D eigenvalue weighted by atomic mass is 32.2. The molecule has 0 atom stereocenters. The predicted octanol–water partition coefficient (Wildman–Crippen LogP) is 2.80. The Hall–Kier alpha value is -2.71. The van der Waals surface area contributed by atoms with E-state index in [1.807, 2.05) is 0 Å². The summed E-state index contributed by atoms with van der Waals surface area (Å²) in [6, 6.07) is 8.14. The Kier molecular flexibility index (Phi) is 5.11. The number of methoxy groups -OCH3 is 1. The van der Waals surface area contributed by atoms with E-state index in [4.69, 9.17) is 21.7 Å². The topological polar surface area (TPSA) is 77.5 Å². The zero-order valence-corrected chi connectivity index (χ0v) is 14.6. The first-order valence-electron chi connectivity index (χ1n) is 7.12. The van der Waals surface area contributed by atoms with Crippen LogP contribution in [-0.4, -0.2) is 28.3 Å². The molecule has 1 amide bonds. The summed E-state index contributed by atoms with van der Waals surface area (Å²) in [7, 11) is 1.47. The molecule has 0 saturated carbocycles. The normalized spacial score (nSPS) is 15.2. The zero-order valence-electron chi connectivity index (χ0n) is 13.0. The van der Waals surface area contributed by atoms with Gasteiger partial charge in [-0.05, 0) is 35.9 Å². The Morgan fingerprint density at radius 1 is 1.24 bits per heavy atom. The fraction of sp³-hybridized carbons (Fsp3) is 0.0588. The summed E-state index contributed by atoms with van der Waals surface area (Å²) in [5, 5.41) is 2.55. The Morgan fingerprint density at radius 3 is 2.64 bits per heavy atom. The number of nitrogens with one attached hydrogen (secondary N) is 1. The molecule has 1 N–H and O–H groups in total. The van der Waals surface area contributed by atoms with E-state index in [1.165, 1.54) is 31.3 Å². The molecule has 0 aliphatic carbocycles. The maximum Gasteiger partial charge on any atom is 0.343 e. The first-order valence-corrected chi connectivity index (χ1v) is 8.34. The van der Waals surface area contributed by atoms with Crippen LogP contribution in [0.1, 0.15) is 15.9 Å². The number of amides is 1. The van der Waals surface area contributed by atoms with Crippen LogP contribution in [0.2, 0.25) is 0 Å². The van der Waals surface area contributed by atoms with Gasteiger partial charge in [-0.15, -0.1) is 0 Å². The molecule has 2 heterocycles. The Morgan fingerprint density at radius 2 is 2.00 bits per heavy atom. The highest BCUT2D eigenvalue weighted by Gasteiger charge is 2.22. The molecule has 1 saturated heterocycles. The molecule has 2 aromatic rings. The number of hydrogen-bond acceptors (Lipinski definition) is 7. The number of ether oxygens (including phenoxy) is 2. The first kappa shape index (κ1) is 17.1. The van der Waals surface area contributed by atoms with Gasteiger partial charge >= 0.3 is 5.97 Å². The van der Waals surface area contributed by atoms with Crippen LogP contribution >= 0.6 is 24.0 Å². The summed E-state index contributed by atoms with van der Waals surface area (Å²) in [6.07, 6.45) is 4.71. The number of thioether (sulfide) groups is 1. The number of carbonyl (C=O) groups is 2. The number of pyridine rings is 1. The highest BCUT2D eigenvalue weighted by molar-refractivity contribution is 8.26. The Bertz CT molecular complexity index is 881. The molecule has 0 spiro atoms. The van der Waals surface area contributed by atoms with Gasteiger partial charge in [0.15, 0.2) is 11.5 Å². The quantitative estimate of drug-likeness (QED) is 0.383. The smallest absolute Gasteiger partial charge is 0.343 e. The van der Waals surface area contributed by atoms with Gasteiger partial charge in [-0.3, -0.25) is 9.78 Å². The van der Waals surface area contributed by atoms with E-state index in [0.29, 0.717) is 20.5 Å². The van der Waals surface area contributed by atoms with E-state index >= 15 is 0 Å². The van der Waals surface area contributed by atoms with Crippen LogP contribution in [0.25, 0.3) is 6.08 Å². The van der Waals surface area contributed by atoms with Crippen molar-refractivity contribution in [3.63, 3.8) is 0 Å². The lowest BCUT2D eigenvalue weighted by atomic mass is 10.2. The molecule has 1 aliphatic heterocycles. The molecule has 126 valence electrons. The lowest BCUT2D eigenvalue weighted by Crippen LogP contribution is -2.17. The van der Waals surface area contributed by atoms with Crippen molar-refractivity contribution in [3.8, 4) is 11.5 Å². The Labute approximate surface area is 153 Å². The van der Waals surface area contributed by atoms with Crippen molar-refractivity contribution in [1.82, 2.24) is 10.3 Å². The number of rotatable bonds is 4. The van der Waals surface area contributed by atoms with Gasteiger partial charge in [0.05, 0.1) is 17.6 Å². The summed E-state index contributed by atoms with van der Waals surface area (Å²) in [4.78, 5) is 28.2. The number of aromatic nitrogens is 1. The second-order valence-electron chi connectivity index (χ2n) is 4.89. The average Bonchev–Trinajstić information content (AvgIpc) is 2.94. The minimum atomic E-state index is -0.511. The molecule has 0 bridgehead atoms. The second-order valence-corrected chi connectivity index (χ2v) is 6.61. The molecule has 1 fully saturated rings. The van der Waals surface area contributed by atoms with Crippen LogP contribution in [-0.2, 0) is 4.79 Å². The largest absolute Gasteiger partial charge is 0.493 e. The van der Waals surface area contributed by atoms with Gasteiger partial charge in [0.25, 0.3) is 5.91 Å². The van der Waals surface area contributed by atoms with Crippen LogP contribution in [0.15, 0.2) is 47.6 Å². The number of nitrogens with zero attached hydrogens (tertiary/aromatic N) is 1. The monoisotopic (exact) mass is 372 g/mol. The lowest BCUT2D eigenvalue weighted by molar-refractivity contribution is -0.115. The van der Waals surface area contributed by atoms with Gasteiger partial charge in [0, 0.05) is 12.4 Å². The molecule has 0 radical (unpaired) electrons. The van der Waals surface area contributed by atoms with Crippen LogP contribution in [0.5, 0.6) is 11.5 Å². The van der Waals surface area contributed by atoms with E-state index in [2.05, 4.69) is 10.3 Å². The van der Waals surface area contributed by atoms with Crippen molar-refractivity contribution in [2.24, 2.45) is 0 Å². The molecule has 8 heteroatoms. The summed E-state index contributed by atoms with van der Waals surface area (Å²) in [5.74, 6) is -0.0849. The zero-order chi connectivity index (χ0) is 17.8. The minimum Gasteiger partial charge on any atom is -0.493 e. The van der Waals surface area contributed by atoms with E-state index in [1.54, 1.807) is 36.4 Å². The van der Waals surface area contributed by atoms with Gasteiger partial charge in [-0.25, -0.2) is 4.79 Å². The molecular formula is C17H12N2O4S2. The number of benzene rings is 1. The third kappa shape index (κ3) is 4.04. The van der Waals surface area contributed by atoms with Crippen molar-refractivity contribution >= 4 is 46.3 Å². The van der Waals surface area contributed by atoms with Gasteiger partial charge in [0.2, 0.25) is 0 Å². The third-order valence-corrected chi connectivity index (χ3v) is 4.41. The third-order valence-electron chi connectivity index (χ3n) is 3.25. The summed E-state index contributed by atoms with van der Waals surface area (Å²) in [5.41, 5.74) is 1.11. The van der Waals surface area contributed by atoms with Crippen molar-refractivity contribution < 1.29 is 19.1 Å². The van der Waals surface area contributed by atoms with Gasteiger partial charge < -0.3 is 14.8 Å². The number of carbonyl (C=O) groups excluding carboxylic acids is 2. The van der Waals surface area contributed by atoms with Crippen molar-refractivity contribution in [2.75, 3.05) is 7.11 Å². The van der Waals surface area contributed by atoms with E-state index in [0.717, 1.165) is 5.56 Å². The summed E-state index contributed by atoms with van der Waals surface area (Å²) >= 11 is 6.15. The highest BCUT2D eigenvalue weighted by Crippen LogP contribution is 2.32. The maximum atomic E-state index is 12.1. The Balaban J connectivity index is 1.83. The van der Waals surface area contributed by atoms with Crippen LogP contribution in [0.4, 0.5) is 0 Å². The average molecular weight is 372 g/mol. The first-order chi connectivity index (χ1) is 12.1. The number of esters is 1. The van der Waals surface area contributed by atoms with Crippen molar-refractivity contribution in [1.29, 1.82) is 0 Å². The predicted molar refractivity (Wildman–Crippen MR) is 98.5 cm³/mol. The molecule has 3 rings (SSSR count). The summed E-state index contributed by atoms with van der Waals surface area (Å²) < 4.78 is 11.1. The molecular weight excluding hydrogens is 360 g/mol. The van der Waals surface area contributed by atoms with Gasteiger partial charge in [-0.2, -0.15) is 0 Å². The van der Waals surface area contributed by atoms with Gasteiger partial charge in [0.1, 0.15) is 4.32 Å². The molecule has 1 aromatic carbocycles. The number of thiocarbonyl (C=S) groups is 1. The van der Waals surface area contributed by atoms with Crippen LogP contribution < -0.4 is 14.8 Å². The minimum absolute atomic E-state index is 0.234. The lowest BCUT2D eigenvalue weighted by Gasteiger charge is -2.10. The second kappa shape index (κ2) is 7.45. The van der Waals surface area contributed by atoms with E-state index < -0.39 is 5.97 Å². The SMILES string of the molecule is COc1cc(/C=C2\SC(=S)NC2=O)ccc1OC(=O)c1ccncc1. The van der Waals surface area contributed by atoms with E-state index in [9.17, 15) is 9.59 Å². The van der Waals surface area contributed by atoms with Crippen molar-refractivity contribution in [2.45, 2.75) is 0 Å². The maximum absolute atomic E-state index is 12.1. The van der Waals surface area contributed by atoms with E-state index in [-0.39, 0.29) is 11.7 Å². The molecule has 6 nitrogen and oxygen atoms in total. The van der Waals surface area contributed by atoms with Crippen molar-refractivity contribution in [3.05, 3.63) is 58.8 Å². The fourth-order valence-electron chi connectivity index (χ4n) is 2.08. The molecule has 1 aliphatic rings.